The largest absolute Gasteiger partial charge is 0.484 e. The van der Waals surface area contributed by atoms with Crippen LogP contribution in [-0.4, -0.2) is 51.8 Å². The molecule has 1 N–H and O–H groups in total. The molecule has 0 spiro atoms. The maximum atomic E-state index is 13.3. The van der Waals surface area contributed by atoms with E-state index in [1.165, 1.54) is 12.1 Å². The quantitative estimate of drug-likeness (QED) is 0.545. The lowest BCUT2D eigenvalue weighted by molar-refractivity contribution is -0.138. The fourth-order valence-corrected chi connectivity index (χ4v) is 3.98. The second kappa shape index (κ2) is 10.7. The van der Waals surface area contributed by atoms with Crippen molar-refractivity contribution in [3.05, 3.63) is 77.4 Å². The number of hydrogen-bond donors (Lipinski definition) is 1. The summed E-state index contributed by atoms with van der Waals surface area (Å²) in [6.07, 6.45) is -3.28. The lowest BCUT2D eigenvalue weighted by Gasteiger charge is -2.22. The van der Waals surface area contributed by atoms with E-state index in [0.29, 0.717) is 44.8 Å². The molecular formula is C24H26F3N5O2. The Morgan fingerprint density at radius 3 is 2.56 bits per heavy atom. The molecule has 3 aromatic rings. The first-order valence-corrected chi connectivity index (χ1v) is 11.1. The van der Waals surface area contributed by atoms with Crippen LogP contribution in [0.5, 0.6) is 5.75 Å². The van der Waals surface area contributed by atoms with Crippen LogP contribution >= 0.6 is 0 Å². The molecule has 1 amide bonds. The lowest BCUT2D eigenvalue weighted by Crippen LogP contribution is -2.31. The highest BCUT2D eigenvalue weighted by molar-refractivity contribution is 5.77. The van der Waals surface area contributed by atoms with Crippen molar-refractivity contribution in [1.29, 1.82) is 0 Å². The van der Waals surface area contributed by atoms with E-state index in [-0.39, 0.29) is 24.6 Å². The number of hydrogen-bond acceptors (Lipinski definition) is 5. The molecule has 0 atom stereocenters. The molecule has 7 nitrogen and oxygen atoms in total. The van der Waals surface area contributed by atoms with Crippen LogP contribution in [0.4, 0.5) is 13.2 Å². The van der Waals surface area contributed by atoms with Crippen LogP contribution in [0, 0.1) is 0 Å². The van der Waals surface area contributed by atoms with Gasteiger partial charge in [0.15, 0.2) is 6.61 Å². The minimum absolute atomic E-state index is 0.0731. The first kappa shape index (κ1) is 23.7. The Hall–Kier alpha value is -3.40. The van der Waals surface area contributed by atoms with Gasteiger partial charge in [0.25, 0.3) is 5.91 Å². The second-order valence-corrected chi connectivity index (χ2v) is 8.07. The molecule has 10 heteroatoms. The topological polar surface area (TPSA) is 72.3 Å². The number of para-hydroxylation sites is 1. The third-order valence-electron chi connectivity index (χ3n) is 5.70. The van der Waals surface area contributed by atoms with E-state index in [0.717, 1.165) is 17.7 Å². The molecule has 4 rings (SSSR count). The number of carbonyl (C=O) groups excluding carboxylic acids is 1. The monoisotopic (exact) mass is 473 g/mol. The zero-order chi connectivity index (χ0) is 24.0. The predicted molar refractivity (Wildman–Crippen MR) is 119 cm³/mol. The van der Waals surface area contributed by atoms with E-state index < -0.39 is 11.7 Å². The summed E-state index contributed by atoms with van der Waals surface area (Å²) < 4.78 is 47.4. The van der Waals surface area contributed by atoms with Gasteiger partial charge in [-0.1, -0.05) is 36.4 Å². The van der Waals surface area contributed by atoms with Gasteiger partial charge in [0.1, 0.15) is 17.4 Å². The molecule has 0 saturated heterocycles. The van der Waals surface area contributed by atoms with Gasteiger partial charge in [-0.2, -0.15) is 13.2 Å². The molecule has 1 aromatic heterocycles. The summed E-state index contributed by atoms with van der Waals surface area (Å²) in [4.78, 5) is 14.0. The maximum absolute atomic E-state index is 13.3. The van der Waals surface area contributed by atoms with Gasteiger partial charge in [-0.15, -0.1) is 10.2 Å². The van der Waals surface area contributed by atoms with Crippen LogP contribution in [0.1, 0.15) is 22.8 Å². The number of benzene rings is 2. The Balaban J connectivity index is 1.28. The van der Waals surface area contributed by atoms with E-state index in [1.807, 2.05) is 27.7 Å². The molecule has 0 aliphatic carbocycles. The van der Waals surface area contributed by atoms with Gasteiger partial charge in [-0.05, 0) is 23.8 Å². The van der Waals surface area contributed by atoms with Crippen molar-refractivity contribution in [3.8, 4) is 5.75 Å². The van der Waals surface area contributed by atoms with Gasteiger partial charge >= 0.3 is 6.18 Å². The molecule has 0 radical (unpaired) electrons. The zero-order valence-electron chi connectivity index (χ0n) is 18.6. The Morgan fingerprint density at radius 1 is 1.00 bits per heavy atom. The van der Waals surface area contributed by atoms with Gasteiger partial charge in [0, 0.05) is 45.6 Å². The molecule has 0 saturated carbocycles. The second-order valence-electron chi connectivity index (χ2n) is 8.07. The maximum Gasteiger partial charge on any atom is 0.416 e. The fraction of sp³-hybridized carbons (Fsp3) is 0.375. The minimum atomic E-state index is -4.37. The van der Waals surface area contributed by atoms with Crippen molar-refractivity contribution < 1.29 is 22.7 Å². The number of nitrogens with zero attached hydrogens (tertiary/aromatic N) is 4. The van der Waals surface area contributed by atoms with Crippen LogP contribution in [0.25, 0.3) is 0 Å². The molecule has 1 aliphatic heterocycles. The Bertz CT molecular complexity index is 1100. The summed E-state index contributed by atoms with van der Waals surface area (Å²) in [6, 6.07) is 14.8. The minimum Gasteiger partial charge on any atom is -0.484 e. The van der Waals surface area contributed by atoms with Gasteiger partial charge < -0.3 is 14.6 Å². The SMILES string of the molecule is O=C(COc1ccccc1)NCCc1nnc2n1CCN(Cc1ccccc1C(F)(F)F)CC2. The number of halogens is 3. The molecule has 0 unspecified atom stereocenters. The Morgan fingerprint density at radius 2 is 1.76 bits per heavy atom. The molecule has 1 aliphatic rings. The van der Waals surface area contributed by atoms with Crippen molar-refractivity contribution in [2.45, 2.75) is 32.1 Å². The first-order valence-electron chi connectivity index (χ1n) is 11.1. The van der Waals surface area contributed by atoms with E-state index in [4.69, 9.17) is 4.74 Å². The van der Waals surface area contributed by atoms with Crippen molar-refractivity contribution in [2.75, 3.05) is 26.2 Å². The average Bonchev–Trinajstić information content (AvgIpc) is 3.10. The first-order chi connectivity index (χ1) is 16.4. The highest BCUT2D eigenvalue weighted by atomic mass is 19.4. The fourth-order valence-electron chi connectivity index (χ4n) is 3.98. The number of amides is 1. The number of nitrogens with one attached hydrogen (secondary N) is 1. The standard InChI is InChI=1S/C24H26F3N5O2/c25-24(26,27)20-9-5-4-6-18(20)16-31-13-11-22-30-29-21(32(22)15-14-31)10-12-28-23(33)17-34-19-7-2-1-3-8-19/h1-9H,10-17H2,(H,28,33). The molecule has 0 bridgehead atoms. The van der Waals surface area contributed by atoms with Gasteiger partial charge in [-0.25, -0.2) is 0 Å². The van der Waals surface area contributed by atoms with Crippen molar-refractivity contribution >= 4 is 5.91 Å². The number of carbonyl (C=O) groups is 1. The van der Waals surface area contributed by atoms with Gasteiger partial charge in [-0.3, -0.25) is 9.69 Å². The molecule has 0 fully saturated rings. The number of ether oxygens (including phenoxy) is 1. The number of fused-ring (bicyclic) bond motifs is 1. The van der Waals surface area contributed by atoms with Gasteiger partial charge in [0.2, 0.25) is 0 Å². The molecule has 2 aromatic carbocycles. The Labute approximate surface area is 195 Å². The number of alkyl halides is 3. The van der Waals surface area contributed by atoms with Crippen LogP contribution in [-0.2, 0) is 36.9 Å². The van der Waals surface area contributed by atoms with Crippen molar-refractivity contribution in [1.82, 2.24) is 25.0 Å². The van der Waals surface area contributed by atoms with E-state index in [9.17, 15) is 18.0 Å². The summed E-state index contributed by atoms with van der Waals surface area (Å²) in [5.74, 6) is 1.95. The summed E-state index contributed by atoms with van der Waals surface area (Å²) in [5.41, 5.74) is -0.320. The van der Waals surface area contributed by atoms with Crippen LogP contribution in [0.3, 0.4) is 0 Å². The van der Waals surface area contributed by atoms with E-state index >= 15 is 0 Å². The van der Waals surface area contributed by atoms with Crippen molar-refractivity contribution in [3.63, 3.8) is 0 Å². The summed E-state index contributed by atoms with van der Waals surface area (Å²) in [7, 11) is 0. The third kappa shape index (κ3) is 6.13. The lowest BCUT2D eigenvalue weighted by atomic mass is 10.1. The zero-order valence-corrected chi connectivity index (χ0v) is 18.6. The molecular weight excluding hydrogens is 447 g/mol. The van der Waals surface area contributed by atoms with Crippen LogP contribution in [0.15, 0.2) is 54.6 Å². The van der Waals surface area contributed by atoms with Crippen molar-refractivity contribution in [2.24, 2.45) is 0 Å². The average molecular weight is 473 g/mol. The molecule has 180 valence electrons. The van der Waals surface area contributed by atoms with E-state index in [2.05, 4.69) is 15.5 Å². The summed E-state index contributed by atoms with van der Waals surface area (Å²) in [6.45, 7) is 2.30. The number of aromatic nitrogens is 3. The summed E-state index contributed by atoms with van der Waals surface area (Å²) >= 11 is 0. The molecule has 2 heterocycles. The predicted octanol–water partition coefficient (Wildman–Crippen LogP) is 3.09. The molecule has 34 heavy (non-hydrogen) atoms. The van der Waals surface area contributed by atoms with Crippen LogP contribution in [0.2, 0.25) is 0 Å². The highest BCUT2D eigenvalue weighted by Crippen LogP contribution is 2.32. The van der Waals surface area contributed by atoms with Crippen LogP contribution < -0.4 is 10.1 Å². The smallest absolute Gasteiger partial charge is 0.416 e. The van der Waals surface area contributed by atoms with E-state index in [1.54, 1.807) is 18.2 Å². The third-order valence-corrected chi connectivity index (χ3v) is 5.70. The van der Waals surface area contributed by atoms with Gasteiger partial charge in [0.05, 0.1) is 5.56 Å². The highest BCUT2D eigenvalue weighted by Gasteiger charge is 2.33. The number of rotatable bonds is 8. The Kier molecular flexibility index (Phi) is 7.46. The summed E-state index contributed by atoms with van der Waals surface area (Å²) in [5, 5.41) is 11.3. The normalized spacial score (nSPS) is 14.3.